The van der Waals surface area contributed by atoms with Crippen molar-refractivity contribution in [2.24, 2.45) is 5.92 Å². The lowest BCUT2D eigenvalue weighted by Gasteiger charge is -2.27. The van der Waals surface area contributed by atoms with Crippen LogP contribution in [0.4, 0.5) is 0 Å². The summed E-state index contributed by atoms with van der Waals surface area (Å²) >= 11 is 0. The fourth-order valence-electron chi connectivity index (χ4n) is 3.06. The molecule has 2 aliphatic rings. The van der Waals surface area contributed by atoms with E-state index < -0.39 is 0 Å². The van der Waals surface area contributed by atoms with Crippen molar-refractivity contribution in [3.05, 3.63) is 47.5 Å². The Morgan fingerprint density at radius 1 is 1.07 bits per heavy atom. The highest BCUT2D eigenvalue weighted by Gasteiger charge is 2.31. The summed E-state index contributed by atoms with van der Waals surface area (Å²) in [5.41, 5.74) is 2.93. The average Bonchev–Trinajstić information content (AvgIpc) is 2.66. The first-order chi connectivity index (χ1) is 7.86. The Balaban J connectivity index is 1.92. The standard InChI is InChI=1S/C15H18/c1-2-6-12(7-3-1)15-11-10-13-8-4-5-9-14(13)15/h1-3,6-7,10,14-15H,4-5,8-9,11H2/t14-,15+/m0/s1/i11D/t11?,14-,15+. The van der Waals surface area contributed by atoms with Crippen LogP contribution in [0.25, 0.3) is 0 Å². The summed E-state index contributed by atoms with van der Waals surface area (Å²) < 4.78 is 8.25. The fourth-order valence-corrected chi connectivity index (χ4v) is 3.06. The van der Waals surface area contributed by atoms with Crippen molar-refractivity contribution >= 4 is 0 Å². The summed E-state index contributed by atoms with van der Waals surface area (Å²) in [4.78, 5) is 0. The van der Waals surface area contributed by atoms with Gasteiger partial charge in [0.2, 0.25) is 0 Å². The van der Waals surface area contributed by atoms with Gasteiger partial charge in [-0.25, -0.2) is 0 Å². The van der Waals surface area contributed by atoms with Crippen LogP contribution >= 0.6 is 0 Å². The maximum Gasteiger partial charge on any atom is 0.0316 e. The molecule has 1 fully saturated rings. The minimum atomic E-state index is -0.0134. The zero-order valence-corrected chi connectivity index (χ0v) is 9.02. The second kappa shape index (κ2) is 3.84. The smallest absolute Gasteiger partial charge is 0.0316 e. The molecule has 0 heteroatoms. The zero-order valence-electron chi connectivity index (χ0n) is 10.0. The Morgan fingerprint density at radius 3 is 2.80 bits per heavy atom. The van der Waals surface area contributed by atoms with E-state index in [4.69, 9.17) is 1.37 Å². The Hall–Kier alpha value is -1.04. The lowest BCUT2D eigenvalue weighted by molar-refractivity contribution is 0.413. The SMILES string of the molecule is [2H]C1C=C2CCCC[C@@H]2[C@H]1c1ccccc1. The lowest BCUT2D eigenvalue weighted by Crippen LogP contribution is -2.13. The third-order valence-electron chi connectivity index (χ3n) is 3.84. The van der Waals surface area contributed by atoms with Gasteiger partial charge in [0, 0.05) is 1.37 Å². The van der Waals surface area contributed by atoms with E-state index in [-0.39, 0.29) is 6.40 Å². The van der Waals surface area contributed by atoms with Crippen LogP contribution < -0.4 is 0 Å². The quantitative estimate of drug-likeness (QED) is 0.592. The molecule has 15 heavy (non-hydrogen) atoms. The van der Waals surface area contributed by atoms with Gasteiger partial charge in [-0.05, 0) is 43.1 Å². The van der Waals surface area contributed by atoms with Crippen molar-refractivity contribution in [1.29, 1.82) is 0 Å². The van der Waals surface area contributed by atoms with Crippen LogP contribution in [0.5, 0.6) is 0 Å². The minimum Gasteiger partial charge on any atom is -0.0844 e. The molecule has 0 spiro atoms. The zero-order chi connectivity index (χ0) is 11.0. The first-order valence-electron chi connectivity index (χ1n) is 6.62. The summed E-state index contributed by atoms with van der Waals surface area (Å²) in [5.74, 6) is 1.09. The highest BCUT2D eigenvalue weighted by molar-refractivity contribution is 5.30. The minimum absolute atomic E-state index is 0.0134. The molecule has 0 heterocycles. The molecular weight excluding hydrogens is 180 g/mol. The van der Waals surface area contributed by atoms with Gasteiger partial charge in [-0.3, -0.25) is 0 Å². The van der Waals surface area contributed by atoms with E-state index in [1.54, 1.807) is 5.57 Å². The van der Waals surface area contributed by atoms with Gasteiger partial charge in [0.25, 0.3) is 0 Å². The van der Waals surface area contributed by atoms with Crippen LogP contribution in [0.1, 0.15) is 44.9 Å². The normalized spacial score (nSPS) is 35.6. The van der Waals surface area contributed by atoms with Gasteiger partial charge < -0.3 is 0 Å². The van der Waals surface area contributed by atoms with E-state index in [0.29, 0.717) is 11.8 Å². The summed E-state index contributed by atoms with van der Waals surface area (Å²) in [5, 5.41) is 0. The van der Waals surface area contributed by atoms with Crippen molar-refractivity contribution < 1.29 is 1.37 Å². The van der Waals surface area contributed by atoms with Crippen LogP contribution in [0.2, 0.25) is 0 Å². The number of hydrogen-bond acceptors (Lipinski definition) is 0. The molecule has 0 aliphatic heterocycles. The maximum absolute atomic E-state index is 8.25. The van der Waals surface area contributed by atoms with Crippen molar-refractivity contribution in [3.8, 4) is 0 Å². The van der Waals surface area contributed by atoms with E-state index in [1.165, 1.54) is 31.2 Å². The molecular formula is C15H18. The van der Waals surface area contributed by atoms with Gasteiger partial charge in [0.15, 0.2) is 0 Å². The van der Waals surface area contributed by atoms with Crippen molar-refractivity contribution in [2.75, 3.05) is 0 Å². The van der Waals surface area contributed by atoms with Gasteiger partial charge in [-0.2, -0.15) is 0 Å². The second-order valence-corrected chi connectivity index (χ2v) is 4.72. The van der Waals surface area contributed by atoms with Crippen molar-refractivity contribution in [3.63, 3.8) is 0 Å². The summed E-state index contributed by atoms with van der Waals surface area (Å²) in [7, 11) is 0. The van der Waals surface area contributed by atoms with Crippen LogP contribution in [-0.2, 0) is 0 Å². The molecule has 1 unspecified atom stereocenters. The largest absolute Gasteiger partial charge is 0.0844 e. The molecule has 0 N–H and O–H groups in total. The Bertz CT molecular complexity index is 393. The van der Waals surface area contributed by atoms with Crippen molar-refractivity contribution in [2.45, 2.75) is 38.0 Å². The predicted octanol–water partition coefficient (Wildman–Crippen LogP) is 4.29. The number of fused-ring (bicyclic) bond motifs is 1. The molecule has 1 aromatic rings. The third-order valence-corrected chi connectivity index (χ3v) is 3.84. The number of benzene rings is 1. The Morgan fingerprint density at radius 2 is 1.93 bits per heavy atom. The monoisotopic (exact) mass is 199 g/mol. The molecule has 2 aliphatic carbocycles. The van der Waals surface area contributed by atoms with Crippen LogP contribution in [0.3, 0.4) is 0 Å². The summed E-state index contributed by atoms with van der Waals surface area (Å²) in [6.07, 6.45) is 7.42. The second-order valence-electron chi connectivity index (χ2n) is 4.72. The highest BCUT2D eigenvalue weighted by atomic mass is 14.4. The first kappa shape index (κ1) is 8.15. The third kappa shape index (κ3) is 1.62. The van der Waals surface area contributed by atoms with Gasteiger partial charge in [0.05, 0.1) is 0 Å². The molecule has 3 atom stereocenters. The molecule has 0 saturated heterocycles. The van der Waals surface area contributed by atoms with Crippen LogP contribution in [-0.4, -0.2) is 0 Å². The number of allylic oxidation sites excluding steroid dienone is 2. The predicted molar refractivity (Wildman–Crippen MR) is 63.8 cm³/mol. The maximum atomic E-state index is 8.25. The molecule has 0 aromatic heterocycles. The van der Waals surface area contributed by atoms with Crippen molar-refractivity contribution in [1.82, 2.24) is 0 Å². The molecule has 0 bridgehead atoms. The van der Waals surface area contributed by atoms with E-state index in [9.17, 15) is 0 Å². The first-order valence-corrected chi connectivity index (χ1v) is 6.04. The van der Waals surface area contributed by atoms with Crippen LogP contribution in [0, 0.1) is 5.92 Å². The molecule has 0 radical (unpaired) electrons. The van der Waals surface area contributed by atoms with Gasteiger partial charge in [-0.1, -0.05) is 48.4 Å². The fraction of sp³-hybridized carbons (Fsp3) is 0.467. The Labute approximate surface area is 93.4 Å². The van der Waals surface area contributed by atoms with E-state index >= 15 is 0 Å². The van der Waals surface area contributed by atoms with E-state index in [1.807, 2.05) is 0 Å². The molecule has 0 nitrogen and oxygen atoms in total. The Kier molecular flexibility index (Phi) is 2.09. The number of hydrogen-bond donors (Lipinski definition) is 0. The van der Waals surface area contributed by atoms with Gasteiger partial charge in [-0.15, -0.1) is 0 Å². The molecule has 78 valence electrons. The lowest BCUT2D eigenvalue weighted by atomic mass is 9.78. The molecule has 3 rings (SSSR count). The van der Waals surface area contributed by atoms with Crippen LogP contribution in [0.15, 0.2) is 42.0 Å². The molecule has 1 aromatic carbocycles. The van der Waals surface area contributed by atoms with E-state index in [2.05, 4.69) is 36.4 Å². The topological polar surface area (TPSA) is 0 Å². The van der Waals surface area contributed by atoms with E-state index in [0.717, 1.165) is 0 Å². The molecule has 0 amide bonds. The summed E-state index contributed by atoms with van der Waals surface area (Å²) in [6.45, 7) is 0. The summed E-state index contributed by atoms with van der Waals surface area (Å²) in [6, 6.07) is 10.6. The van der Waals surface area contributed by atoms with Gasteiger partial charge >= 0.3 is 0 Å². The average molecular weight is 199 g/mol. The highest BCUT2D eigenvalue weighted by Crippen LogP contribution is 2.46. The molecule has 1 saturated carbocycles. The van der Waals surface area contributed by atoms with Gasteiger partial charge in [0.1, 0.15) is 0 Å². The number of rotatable bonds is 1.